The van der Waals surface area contributed by atoms with E-state index in [1.165, 1.54) is 25.3 Å². The van der Waals surface area contributed by atoms with Crippen LogP contribution in [0.4, 0.5) is 0 Å². The lowest BCUT2D eigenvalue weighted by atomic mass is 9.87. The van der Waals surface area contributed by atoms with Crippen molar-refractivity contribution < 1.29 is 19.1 Å². The Morgan fingerprint density at radius 2 is 1.70 bits per heavy atom. The van der Waals surface area contributed by atoms with E-state index in [1.807, 2.05) is 26.0 Å². The van der Waals surface area contributed by atoms with Crippen LogP contribution in [0.1, 0.15) is 54.2 Å². The first-order valence-corrected chi connectivity index (χ1v) is 10.3. The van der Waals surface area contributed by atoms with Gasteiger partial charge in [-0.15, -0.1) is 0 Å². The number of nitrogens with one attached hydrogen (secondary N) is 2. The van der Waals surface area contributed by atoms with Gasteiger partial charge in [-0.2, -0.15) is 0 Å². The highest BCUT2D eigenvalue weighted by atomic mass is 16.5. The average molecular weight is 411 g/mol. The average Bonchev–Trinajstić information content (AvgIpc) is 2.76. The second-order valence-corrected chi connectivity index (χ2v) is 7.95. The fraction of sp³-hybridized carbons (Fsp3) is 0.417. The number of hydrogen-bond acceptors (Lipinski definition) is 4. The van der Waals surface area contributed by atoms with Gasteiger partial charge in [-0.1, -0.05) is 38.1 Å². The highest BCUT2D eigenvalue weighted by molar-refractivity contribution is 5.98. The monoisotopic (exact) mass is 410 g/mol. The van der Waals surface area contributed by atoms with Gasteiger partial charge in [-0.25, -0.2) is 0 Å². The molecule has 0 aromatic heterocycles. The quantitative estimate of drug-likeness (QED) is 0.731. The third-order valence-electron chi connectivity index (χ3n) is 5.54. The molecule has 2 aromatic rings. The number of aryl methyl sites for hydroxylation is 1. The Bertz CT molecular complexity index is 888. The highest BCUT2D eigenvalue weighted by Gasteiger charge is 2.29. The summed E-state index contributed by atoms with van der Waals surface area (Å²) in [6, 6.07) is 12.5. The van der Waals surface area contributed by atoms with E-state index < -0.39 is 6.04 Å². The molecule has 0 bridgehead atoms. The van der Waals surface area contributed by atoms with Crippen molar-refractivity contribution in [1.82, 2.24) is 10.6 Å². The molecule has 6 nitrogen and oxygen atoms in total. The van der Waals surface area contributed by atoms with Crippen LogP contribution in [-0.4, -0.2) is 32.1 Å². The van der Waals surface area contributed by atoms with Gasteiger partial charge in [0.05, 0.1) is 20.3 Å². The molecule has 2 amide bonds. The van der Waals surface area contributed by atoms with Crippen molar-refractivity contribution in [2.75, 3.05) is 14.2 Å². The summed E-state index contributed by atoms with van der Waals surface area (Å²) in [5.41, 5.74) is 2.83. The zero-order valence-corrected chi connectivity index (χ0v) is 18.0. The maximum atomic E-state index is 13.1. The Hall–Kier alpha value is -3.02. The largest absolute Gasteiger partial charge is 0.497 e. The second-order valence-electron chi connectivity index (χ2n) is 7.95. The maximum absolute atomic E-state index is 13.1. The van der Waals surface area contributed by atoms with Crippen LogP contribution >= 0.6 is 0 Å². The number of carbonyl (C=O) groups is 2. The van der Waals surface area contributed by atoms with Crippen molar-refractivity contribution in [2.24, 2.45) is 5.92 Å². The molecular weight excluding hydrogens is 380 g/mol. The number of fused-ring (bicyclic) bond motifs is 1. The molecule has 2 N–H and O–H groups in total. The van der Waals surface area contributed by atoms with Gasteiger partial charge in [0.25, 0.3) is 5.91 Å². The summed E-state index contributed by atoms with van der Waals surface area (Å²) in [6.07, 6.45) is 2.96. The van der Waals surface area contributed by atoms with Crippen LogP contribution in [0.5, 0.6) is 11.5 Å². The molecule has 2 atom stereocenters. The Morgan fingerprint density at radius 1 is 1.03 bits per heavy atom. The number of benzene rings is 2. The lowest BCUT2D eigenvalue weighted by molar-refractivity contribution is -0.124. The Labute approximate surface area is 178 Å². The van der Waals surface area contributed by atoms with E-state index in [0.717, 1.165) is 19.3 Å². The van der Waals surface area contributed by atoms with Crippen LogP contribution in [-0.2, 0) is 11.2 Å². The molecule has 1 aliphatic carbocycles. The summed E-state index contributed by atoms with van der Waals surface area (Å²) >= 11 is 0. The molecule has 160 valence electrons. The van der Waals surface area contributed by atoms with Crippen LogP contribution in [0.2, 0.25) is 0 Å². The third-order valence-corrected chi connectivity index (χ3v) is 5.54. The van der Waals surface area contributed by atoms with E-state index in [1.54, 1.807) is 18.2 Å². The van der Waals surface area contributed by atoms with E-state index >= 15 is 0 Å². The van der Waals surface area contributed by atoms with Crippen molar-refractivity contribution in [3.63, 3.8) is 0 Å². The van der Waals surface area contributed by atoms with Crippen molar-refractivity contribution in [3.8, 4) is 11.5 Å². The minimum atomic E-state index is -0.649. The van der Waals surface area contributed by atoms with E-state index in [2.05, 4.69) is 22.8 Å². The molecule has 2 aromatic carbocycles. The van der Waals surface area contributed by atoms with E-state index in [4.69, 9.17) is 9.47 Å². The number of carbonyl (C=O) groups excluding carboxylic acids is 2. The van der Waals surface area contributed by atoms with Gasteiger partial charge in [0.1, 0.15) is 17.5 Å². The summed E-state index contributed by atoms with van der Waals surface area (Å²) in [4.78, 5) is 26.0. The molecule has 30 heavy (non-hydrogen) atoms. The Morgan fingerprint density at radius 3 is 2.33 bits per heavy atom. The predicted octanol–water partition coefficient (Wildman–Crippen LogP) is 3.65. The smallest absolute Gasteiger partial charge is 0.252 e. The third kappa shape index (κ3) is 4.93. The molecule has 0 aliphatic heterocycles. The predicted molar refractivity (Wildman–Crippen MR) is 116 cm³/mol. The first-order chi connectivity index (χ1) is 14.4. The maximum Gasteiger partial charge on any atom is 0.252 e. The van der Waals surface area contributed by atoms with Crippen LogP contribution in [0.25, 0.3) is 0 Å². The van der Waals surface area contributed by atoms with Crippen LogP contribution < -0.4 is 20.1 Å². The lowest BCUT2D eigenvalue weighted by Crippen LogP contribution is -2.50. The summed E-state index contributed by atoms with van der Waals surface area (Å²) in [7, 11) is 3.06. The molecule has 0 spiro atoms. The number of amides is 2. The van der Waals surface area contributed by atoms with E-state index in [-0.39, 0.29) is 23.8 Å². The number of rotatable bonds is 7. The summed E-state index contributed by atoms with van der Waals surface area (Å²) in [6.45, 7) is 3.84. The zero-order valence-electron chi connectivity index (χ0n) is 18.0. The Balaban J connectivity index is 1.75. The van der Waals surface area contributed by atoms with Crippen molar-refractivity contribution in [3.05, 3.63) is 59.2 Å². The molecular formula is C24H30N2O4. The standard InChI is InChI=1S/C24H30N2O4/c1-15(2)22(26-23(27)17-12-18(29-3)14-19(13-17)30-4)24(28)25-21-11-7-9-16-8-5-6-10-20(16)21/h5-6,8,10,12-15,21-22H,7,9,11H2,1-4H3,(H,25,28)(H,26,27)/t21-,22-/m1/s1. The van der Waals surface area contributed by atoms with Gasteiger partial charge in [0.2, 0.25) is 5.91 Å². The first kappa shape index (κ1) is 21.7. The number of methoxy groups -OCH3 is 2. The minimum absolute atomic E-state index is 0.0301. The topological polar surface area (TPSA) is 76.7 Å². The normalized spacial score (nSPS) is 16.4. The molecule has 0 radical (unpaired) electrons. The van der Waals surface area contributed by atoms with Gasteiger partial charge < -0.3 is 20.1 Å². The zero-order chi connectivity index (χ0) is 21.7. The second kappa shape index (κ2) is 9.65. The molecule has 0 saturated carbocycles. The van der Waals surface area contributed by atoms with Crippen LogP contribution in [0, 0.1) is 5.92 Å². The first-order valence-electron chi connectivity index (χ1n) is 10.3. The van der Waals surface area contributed by atoms with E-state index in [0.29, 0.717) is 17.1 Å². The highest BCUT2D eigenvalue weighted by Crippen LogP contribution is 2.29. The van der Waals surface area contributed by atoms with E-state index in [9.17, 15) is 9.59 Å². The van der Waals surface area contributed by atoms with Gasteiger partial charge >= 0.3 is 0 Å². The molecule has 1 aliphatic rings. The summed E-state index contributed by atoms with van der Waals surface area (Å²) < 4.78 is 10.5. The van der Waals surface area contributed by atoms with Gasteiger partial charge in [-0.05, 0) is 48.4 Å². The molecule has 6 heteroatoms. The summed E-state index contributed by atoms with van der Waals surface area (Å²) in [5, 5.41) is 6.04. The molecule has 0 saturated heterocycles. The van der Waals surface area contributed by atoms with Crippen molar-refractivity contribution in [1.29, 1.82) is 0 Å². The van der Waals surface area contributed by atoms with Crippen molar-refractivity contribution >= 4 is 11.8 Å². The fourth-order valence-corrected chi connectivity index (χ4v) is 3.86. The number of ether oxygens (including phenoxy) is 2. The van der Waals surface area contributed by atoms with Gasteiger partial charge in [0.15, 0.2) is 0 Å². The summed E-state index contributed by atoms with van der Waals surface area (Å²) in [5.74, 6) is 0.452. The molecule has 0 fully saturated rings. The van der Waals surface area contributed by atoms with Crippen LogP contribution in [0.15, 0.2) is 42.5 Å². The minimum Gasteiger partial charge on any atom is -0.497 e. The van der Waals surface area contributed by atoms with Gasteiger partial charge in [0, 0.05) is 11.6 Å². The SMILES string of the molecule is COc1cc(OC)cc(C(=O)N[C@@H](C(=O)N[C@@H]2CCCc3ccccc32)C(C)C)c1. The molecule has 3 rings (SSSR count). The number of hydrogen-bond donors (Lipinski definition) is 2. The fourth-order valence-electron chi connectivity index (χ4n) is 3.86. The molecule has 0 heterocycles. The van der Waals surface area contributed by atoms with Crippen molar-refractivity contribution in [2.45, 2.75) is 45.2 Å². The van der Waals surface area contributed by atoms with Gasteiger partial charge in [-0.3, -0.25) is 9.59 Å². The lowest BCUT2D eigenvalue weighted by Gasteiger charge is -2.29. The Kier molecular flexibility index (Phi) is 6.98. The van der Waals surface area contributed by atoms with Crippen LogP contribution in [0.3, 0.4) is 0 Å². The molecule has 0 unspecified atom stereocenters.